The van der Waals surface area contributed by atoms with Gasteiger partial charge < -0.3 is 5.32 Å². The molecule has 1 unspecified atom stereocenters. The van der Waals surface area contributed by atoms with Crippen molar-refractivity contribution in [3.05, 3.63) is 45.4 Å². The number of thiophene rings is 1. The summed E-state index contributed by atoms with van der Waals surface area (Å²) in [7, 11) is 0. The molecule has 0 saturated carbocycles. The molecular formula is C13H15ClN2S. The first kappa shape index (κ1) is 12.4. The molecule has 2 aromatic rings. The third-order valence-corrected chi connectivity index (χ3v) is 4.19. The molecule has 0 saturated heterocycles. The lowest BCUT2D eigenvalue weighted by Gasteiger charge is -2.13. The van der Waals surface area contributed by atoms with E-state index in [0.717, 1.165) is 12.1 Å². The van der Waals surface area contributed by atoms with Crippen LogP contribution in [0.15, 0.2) is 30.5 Å². The van der Waals surface area contributed by atoms with Gasteiger partial charge in [-0.3, -0.25) is 0 Å². The molecule has 2 aromatic heterocycles. The second-order valence-electron chi connectivity index (χ2n) is 3.89. The summed E-state index contributed by atoms with van der Waals surface area (Å²) >= 11 is 7.71. The Labute approximate surface area is 111 Å². The Kier molecular flexibility index (Phi) is 4.02. The number of hydrogen-bond acceptors (Lipinski definition) is 3. The van der Waals surface area contributed by atoms with Gasteiger partial charge in [-0.25, -0.2) is 4.98 Å². The Morgan fingerprint density at radius 1 is 1.41 bits per heavy atom. The van der Waals surface area contributed by atoms with Crippen molar-refractivity contribution >= 4 is 28.6 Å². The van der Waals surface area contributed by atoms with Gasteiger partial charge in [0.2, 0.25) is 0 Å². The molecule has 0 radical (unpaired) electrons. The second-order valence-corrected chi connectivity index (χ2v) is 5.48. The Morgan fingerprint density at radius 2 is 2.24 bits per heavy atom. The number of aromatic nitrogens is 1. The number of nitrogens with one attached hydrogen (secondary N) is 1. The van der Waals surface area contributed by atoms with Gasteiger partial charge in [0.1, 0.15) is 5.15 Å². The van der Waals surface area contributed by atoms with Crippen molar-refractivity contribution in [2.75, 3.05) is 5.32 Å². The maximum Gasteiger partial charge on any atom is 0.131 e. The van der Waals surface area contributed by atoms with Crippen molar-refractivity contribution in [1.29, 1.82) is 0 Å². The summed E-state index contributed by atoms with van der Waals surface area (Å²) in [5.41, 5.74) is 1.00. The van der Waals surface area contributed by atoms with Crippen molar-refractivity contribution in [3.63, 3.8) is 0 Å². The number of pyridine rings is 1. The molecule has 90 valence electrons. The van der Waals surface area contributed by atoms with Crippen molar-refractivity contribution in [2.24, 2.45) is 0 Å². The Bertz CT molecular complexity index is 496. The molecule has 0 spiro atoms. The molecule has 2 nitrogen and oxygen atoms in total. The summed E-state index contributed by atoms with van der Waals surface area (Å²) in [6, 6.07) is 8.43. The summed E-state index contributed by atoms with van der Waals surface area (Å²) in [5.74, 6) is 0. The average Bonchev–Trinajstić information content (AvgIpc) is 2.77. The van der Waals surface area contributed by atoms with E-state index in [2.05, 4.69) is 36.3 Å². The van der Waals surface area contributed by atoms with Crippen LogP contribution in [0.5, 0.6) is 0 Å². The molecule has 4 heteroatoms. The highest BCUT2D eigenvalue weighted by Crippen LogP contribution is 2.26. The van der Waals surface area contributed by atoms with Gasteiger partial charge in [-0.15, -0.1) is 11.3 Å². The zero-order valence-electron chi connectivity index (χ0n) is 9.90. The predicted molar refractivity (Wildman–Crippen MR) is 75.0 cm³/mol. The molecule has 1 N–H and O–H groups in total. The Balaban J connectivity index is 2.08. The van der Waals surface area contributed by atoms with Gasteiger partial charge in [-0.1, -0.05) is 18.5 Å². The fourth-order valence-electron chi connectivity index (χ4n) is 1.63. The van der Waals surface area contributed by atoms with E-state index in [9.17, 15) is 0 Å². The van der Waals surface area contributed by atoms with Crippen LogP contribution in [0.3, 0.4) is 0 Å². The van der Waals surface area contributed by atoms with E-state index < -0.39 is 0 Å². The minimum atomic E-state index is 0.291. The van der Waals surface area contributed by atoms with Gasteiger partial charge in [0.15, 0.2) is 0 Å². The van der Waals surface area contributed by atoms with Crippen LogP contribution >= 0.6 is 22.9 Å². The van der Waals surface area contributed by atoms with Gasteiger partial charge in [0.25, 0.3) is 0 Å². The van der Waals surface area contributed by atoms with Gasteiger partial charge in [-0.05, 0) is 37.6 Å². The van der Waals surface area contributed by atoms with Gasteiger partial charge >= 0.3 is 0 Å². The predicted octanol–water partition coefficient (Wildman–Crippen LogP) is 4.53. The van der Waals surface area contributed by atoms with Crippen LogP contribution in [0.4, 0.5) is 5.69 Å². The first-order valence-electron chi connectivity index (χ1n) is 5.65. The molecule has 0 bridgehead atoms. The fourth-order valence-corrected chi connectivity index (χ4v) is 2.76. The maximum absolute atomic E-state index is 5.85. The van der Waals surface area contributed by atoms with Crippen LogP contribution in [0, 0.1) is 0 Å². The summed E-state index contributed by atoms with van der Waals surface area (Å²) in [6.45, 7) is 4.33. The molecule has 2 heterocycles. The minimum absolute atomic E-state index is 0.291. The van der Waals surface area contributed by atoms with Crippen LogP contribution in [-0.4, -0.2) is 4.98 Å². The van der Waals surface area contributed by atoms with Crippen LogP contribution in [0.25, 0.3) is 0 Å². The fraction of sp³-hybridized carbons (Fsp3) is 0.308. The first-order valence-corrected chi connectivity index (χ1v) is 6.85. The van der Waals surface area contributed by atoms with Crippen molar-refractivity contribution in [1.82, 2.24) is 4.98 Å². The minimum Gasteiger partial charge on any atom is -0.378 e. The Hall–Kier alpha value is -1.06. The topological polar surface area (TPSA) is 24.9 Å². The van der Waals surface area contributed by atoms with E-state index in [1.54, 1.807) is 6.20 Å². The lowest BCUT2D eigenvalue weighted by molar-refractivity contribution is 0.907. The summed E-state index contributed by atoms with van der Waals surface area (Å²) in [5, 5.41) is 3.94. The van der Waals surface area contributed by atoms with Gasteiger partial charge in [0.05, 0.1) is 6.04 Å². The molecule has 17 heavy (non-hydrogen) atoms. The van der Waals surface area contributed by atoms with Crippen molar-refractivity contribution < 1.29 is 0 Å². The molecule has 0 aliphatic carbocycles. The lowest BCUT2D eigenvalue weighted by Crippen LogP contribution is -2.04. The average molecular weight is 267 g/mol. The van der Waals surface area contributed by atoms with E-state index in [1.807, 2.05) is 23.5 Å². The zero-order chi connectivity index (χ0) is 12.3. The largest absolute Gasteiger partial charge is 0.378 e. The van der Waals surface area contributed by atoms with E-state index in [1.165, 1.54) is 9.75 Å². The number of aryl methyl sites for hydroxylation is 1. The Morgan fingerprint density at radius 3 is 2.88 bits per heavy atom. The third kappa shape index (κ3) is 3.20. The molecule has 2 rings (SSSR count). The van der Waals surface area contributed by atoms with E-state index in [0.29, 0.717) is 11.2 Å². The molecule has 0 amide bonds. The lowest BCUT2D eigenvalue weighted by atomic mass is 10.2. The van der Waals surface area contributed by atoms with Gasteiger partial charge in [-0.2, -0.15) is 0 Å². The molecule has 0 fully saturated rings. The first-order chi connectivity index (χ1) is 8.19. The highest BCUT2D eigenvalue weighted by molar-refractivity contribution is 7.12. The number of anilines is 1. The van der Waals surface area contributed by atoms with Crippen LogP contribution in [0.1, 0.15) is 29.6 Å². The second kappa shape index (κ2) is 5.52. The standard InChI is InChI=1S/C13H15ClN2S/c1-3-11-4-5-12(17-11)9(2)16-10-6-7-15-13(14)8-10/h4-9H,3H2,1-2H3,(H,15,16). The smallest absolute Gasteiger partial charge is 0.131 e. The third-order valence-electron chi connectivity index (χ3n) is 2.57. The molecule has 0 aliphatic heterocycles. The van der Waals surface area contributed by atoms with Gasteiger partial charge in [0, 0.05) is 21.6 Å². The molecule has 1 atom stereocenters. The quantitative estimate of drug-likeness (QED) is 0.823. The number of halogens is 1. The maximum atomic E-state index is 5.85. The summed E-state index contributed by atoms with van der Waals surface area (Å²) in [4.78, 5) is 6.73. The van der Waals surface area contributed by atoms with Crippen LogP contribution < -0.4 is 5.32 Å². The highest BCUT2D eigenvalue weighted by atomic mass is 35.5. The SMILES string of the molecule is CCc1ccc(C(C)Nc2ccnc(Cl)c2)s1. The number of rotatable bonds is 4. The van der Waals surface area contributed by atoms with E-state index >= 15 is 0 Å². The van der Waals surface area contributed by atoms with E-state index in [-0.39, 0.29) is 0 Å². The number of hydrogen-bond donors (Lipinski definition) is 1. The van der Waals surface area contributed by atoms with Crippen LogP contribution in [-0.2, 0) is 6.42 Å². The monoisotopic (exact) mass is 266 g/mol. The molecule has 0 aromatic carbocycles. The zero-order valence-corrected chi connectivity index (χ0v) is 11.5. The molecular weight excluding hydrogens is 252 g/mol. The molecule has 0 aliphatic rings. The van der Waals surface area contributed by atoms with E-state index in [4.69, 9.17) is 11.6 Å². The van der Waals surface area contributed by atoms with Crippen molar-refractivity contribution in [2.45, 2.75) is 26.3 Å². The normalized spacial score (nSPS) is 12.4. The summed E-state index contributed by atoms with van der Waals surface area (Å²) < 4.78 is 0. The van der Waals surface area contributed by atoms with Crippen LogP contribution in [0.2, 0.25) is 5.15 Å². The van der Waals surface area contributed by atoms with Crippen molar-refractivity contribution in [3.8, 4) is 0 Å². The number of nitrogens with zero attached hydrogens (tertiary/aromatic N) is 1. The summed E-state index contributed by atoms with van der Waals surface area (Å²) in [6.07, 6.45) is 2.81. The highest BCUT2D eigenvalue weighted by Gasteiger charge is 2.08.